The number of rotatable bonds is 4. The van der Waals surface area contributed by atoms with Crippen LogP contribution in [0.2, 0.25) is 0 Å². The molecule has 0 spiro atoms. The molecule has 0 heterocycles. The van der Waals surface area contributed by atoms with Gasteiger partial charge in [-0.3, -0.25) is 0 Å². The highest BCUT2D eigenvalue weighted by Crippen LogP contribution is 2.27. The lowest BCUT2D eigenvalue weighted by Gasteiger charge is -2.25. The van der Waals surface area contributed by atoms with Crippen LogP contribution in [0.5, 0.6) is 5.75 Å². The largest absolute Gasteiger partial charge is 0.508 e. The number of aryl methyl sites for hydroxylation is 1. The maximum Gasteiger partial charge on any atom is 0.151 e. The lowest BCUT2D eigenvalue weighted by atomic mass is 10.1. The van der Waals surface area contributed by atoms with Gasteiger partial charge >= 0.3 is 0 Å². The van der Waals surface area contributed by atoms with Crippen molar-refractivity contribution in [2.75, 3.05) is 17.2 Å². The van der Waals surface area contributed by atoms with Crippen LogP contribution in [-0.4, -0.2) is 11.7 Å². The maximum atomic E-state index is 14.0. The molecule has 0 fully saturated rings. The van der Waals surface area contributed by atoms with Gasteiger partial charge in [0.05, 0.1) is 5.69 Å². The van der Waals surface area contributed by atoms with Gasteiger partial charge in [0, 0.05) is 30.4 Å². The Hall–Kier alpha value is -2.23. The van der Waals surface area contributed by atoms with Gasteiger partial charge in [0.1, 0.15) is 5.75 Å². The molecule has 0 bridgehead atoms. The fraction of sp³-hybridized carbons (Fsp3) is 0.250. The molecule has 106 valence electrons. The molecule has 3 nitrogen and oxygen atoms in total. The molecule has 0 amide bonds. The predicted molar refractivity (Wildman–Crippen MR) is 80.4 cm³/mol. The second kappa shape index (κ2) is 5.82. The average Bonchev–Trinajstić information content (AvgIpc) is 2.43. The number of benzene rings is 2. The summed E-state index contributed by atoms with van der Waals surface area (Å²) in [5.41, 5.74) is 8.24. The van der Waals surface area contributed by atoms with Crippen molar-refractivity contribution in [3.8, 4) is 5.75 Å². The molecule has 20 heavy (non-hydrogen) atoms. The molecule has 0 aliphatic carbocycles. The summed E-state index contributed by atoms with van der Waals surface area (Å²) in [4.78, 5) is 2.01. The van der Waals surface area contributed by atoms with Gasteiger partial charge in [-0.15, -0.1) is 0 Å². The van der Waals surface area contributed by atoms with Crippen molar-refractivity contribution in [2.45, 2.75) is 20.4 Å². The first-order chi connectivity index (χ1) is 9.52. The summed E-state index contributed by atoms with van der Waals surface area (Å²) in [5.74, 6) is -0.166. The van der Waals surface area contributed by atoms with Crippen LogP contribution < -0.4 is 10.6 Å². The molecule has 0 aliphatic heterocycles. The van der Waals surface area contributed by atoms with Crippen LogP contribution in [0.1, 0.15) is 18.1 Å². The van der Waals surface area contributed by atoms with E-state index in [0.717, 1.165) is 11.3 Å². The monoisotopic (exact) mass is 274 g/mol. The topological polar surface area (TPSA) is 49.5 Å². The molecule has 2 rings (SSSR count). The smallest absolute Gasteiger partial charge is 0.151 e. The van der Waals surface area contributed by atoms with E-state index in [-0.39, 0.29) is 17.3 Å². The Balaban J connectivity index is 2.34. The molecule has 4 heteroatoms. The minimum atomic E-state index is -0.372. The third kappa shape index (κ3) is 2.85. The maximum absolute atomic E-state index is 14.0. The predicted octanol–water partition coefficient (Wildman–Crippen LogP) is 3.45. The summed E-state index contributed by atoms with van der Waals surface area (Å²) in [5, 5.41) is 9.63. The average molecular weight is 274 g/mol. The number of phenols is 1. The minimum Gasteiger partial charge on any atom is -0.508 e. The van der Waals surface area contributed by atoms with Gasteiger partial charge in [0.25, 0.3) is 0 Å². The normalized spacial score (nSPS) is 10.6. The van der Waals surface area contributed by atoms with Gasteiger partial charge in [-0.05, 0) is 31.5 Å². The van der Waals surface area contributed by atoms with Crippen LogP contribution in [0, 0.1) is 12.7 Å². The number of aromatic hydroxyl groups is 1. The lowest BCUT2D eigenvalue weighted by Crippen LogP contribution is -2.23. The fourth-order valence-corrected chi connectivity index (χ4v) is 2.23. The first-order valence-electron chi connectivity index (χ1n) is 6.60. The van der Waals surface area contributed by atoms with Gasteiger partial charge < -0.3 is 15.7 Å². The van der Waals surface area contributed by atoms with Gasteiger partial charge in [-0.25, -0.2) is 4.39 Å². The summed E-state index contributed by atoms with van der Waals surface area (Å²) in [6.07, 6.45) is 0. The van der Waals surface area contributed by atoms with Crippen LogP contribution in [-0.2, 0) is 6.54 Å². The van der Waals surface area contributed by atoms with Crippen molar-refractivity contribution in [2.24, 2.45) is 0 Å². The number of hydrogen-bond acceptors (Lipinski definition) is 3. The molecule has 2 aromatic rings. The second-order valence-electron chi connectivity index (χ2n) is 4.81. The summed E-state index contributed by atoms with van der Waals surface area (Å²) < 4.78 is 14.0. The Bertz CT molecular complexity index is 613. The first kappa shape index (κ1) is 14.2. The lowest BCUT2D eigenvalue weighted by molar-refractivity contribution is 0.475. The number of phenolic OH excluding ortho intramolecular Hbond substituents is 1. The standard InChI is InChI=1S/C16H19FN2O/c1-3-19(15-9-13(20)8-7-11(15)2)10-12-5-4-6-14(18)16(12)17/h4-9,20H,3,10,18H2,1-2H3. The molecule has 0 aromatic heterocycles. The molecule has 0 saturated heterocycles. The number of nitrogens with two attached hydrogens (primary N) is 1. The molecule has 0 unspecified atom stereocenters. The highest BCUT2D eigenvalue weighted by molar-refractivity contribution is 5.57. The zero-order chi connectivity index (χ0) is 14.7. The molecule has 0 saturated carbocycles. The minimum absolute atomic E-state index is 0.159. The van der Waals surface area contributed by atoms with Crippen molar-refractivity contribution in [1.82, 2.24) is 0 Å². The zero-order valence-corrected chi connectivity index (χ0v) is 11.7. The second-order valence-corrected chi connectivity index (χ2v) is 4.81. The van der Waals surface area contributed by atoms with Crippen molar-refractivity contribution >= 4 is 11.4 Å². The van der Waals surface area contributed by atoms with Crippen molar-refractivity contribution < 1.29 is 9.50 Å². The van der Waals surface area contributed by atoms with E-state index in [1.165, 1.54) is 0 Å². The van der Waals surface area contributed by atoms with Crippen molar-refractivity contribution in [3.63, 3.8) is 0 Å². The van der Waals surface area contributed by atoms with Crippen LogP contribution in [0.3, 0.4) is 0 Å². The van der Waals surface area contributed by atoms with E-state index in [2.05, 4.69) is 0 Å². The summed E-state index contributed by atoms with van der Waals surface area (Å²) in [7, 11) is 0. The van der Waals surface area contributed by atoms with Crippen LogP contribution in [0.25, 0.3) is 0 Å². The number of halogens is 1. The zero-order valence-electron chi connectivity index (χ0n) is 11.7. The van der Waals surface area contributed by atoms with Crippen LogP contribution in [0.4, 0.5) is 15.8 Å². The Labute approximate surface area is 118 Å². The molecule has 0 aliphatic rings. The quantitative estimate of drug-likeness (QED) is 0.840. The van der Waals surface area contributed by atoms with E-state index in [1.54, 1.807) is 30.3 Å². The Morgan fingerprint density at radius 3 is 2.70 bits per heavy atom. The third-order valence-corrected chi connectivity index (χ3v) is 3.38. The van der Waals surface area contributed by atoms with Crippen molar-refractivity contribution in [3.05, 3.63) is 53.3 Å². The number of anilines is 2. The van der Waals surface area contributed by atoms with E-state index < -0.39 is 0 Å². The Morgan fingerprint density at radius 1 is 1.25 bits per heavy atom. The fourth-order valence-electron chi connectivity index (χ4n) is 2.23. The first-order valence-corrected chi connectivity index (χ1v) is 6.60. The van der Waals surface area contributed by atoms with Gasteiger partial charge in [-0.2, -0.15) is 0 Å². The molecular weight excluding hydrogens is 255 g/mol. The van der Waals surface area contributed by atoms with E-state index in [9.17, 15) is 9.50 Å². The number of nitrogen functional groups attached to an aromatic ring is 1. The SMILES string of the molecule is CCN(Cc1cccc(N)c1F)c1cc(O)ccc1C. The van der Waals surface area contributed by atoms with E-state index in [0.29, 0.717) is 18.7 Å². The number of nitrogens with zero attached hydrogens (tertiary/aromatic N) is 1. The van der Waals surface area contributed by atoms with Gasteiger partial charge in [0.2, 0.25) is 0 Å². The highest BCUT2D eigenvalue weighted by atomic mass is 19.1. The van der Waals surface area contributed by atoms with Crippen LogP contribution in [0.15, 0.2) is 36.4 Å². The molecule has 2 aromatic carbocycles. The third-order valence-electron chi connectivity index (χ3n) is 3.38. The molecule has 0 radical (unpaired) electrons. The summed E-state index contributed by atoms with van der Waals surface area (Å²) in [6, 6.07) is 10.2. The van der Waals surface area contributed by atoms with E-state index in [1.807, 2.05) is 24.8 Å². The molecule has 3 N–H and O–H groups in total. The summed E-state index contributed by atoms with van der Waals surface area (Å²) in [6.45, 7) is 5.08. The van der Waals surface area contributed by atoms with Gasteiger partial charge in [-0.1, -0.05) is 18.2 Å². The highest BCUT2D eigenvalue weighted by Gasteiger charge is 2.13. The van der Waals surface area contributed by atoms with Crippen LogP contribution >= 0.6 is 0 Å². The number of hydrogen-bond donors (Lipinski definition) is 2. The molecule has 0 atom stereocenters. The summed E-state index contributed by atoms with van der Waals surface area (Å²) >= 11 is 0. The van der Waals surface area contributed by atoms with E-state index in [4.69, 9.17) is 5.73 Å². The van der Waals surface area contributed by atoms with Crippen molar-refractivity contribution in [1.29, 1.82) is 0 Å². The van der Waals surface area contributed by atoms with Gasteiger partial charge in [0.15, 0.2) is 5.82 Å². The Morgan fingerprint density at radius 2 is 2.00 bits per heavy atom. The Kier molecular flexibility index (Phi) is 4.13. The molecular formula is C16H19FN2O. The van der Waals surface area contributed by atoms with E-state index >= 15 is 0 Å².